The van der Waals surface area contributed by atoms with Crippen LogP contribution in [0.4, 0.5) is 4.79 Å². The molecule has 3 amide bonds. The van der Waals surface area contributed by atoms with Crippen molar-refractivity contribution in [1.82, 2.24) is 15.5 Å². The molecule has 5 heteroatoms. The first kappa shape index (κ1) is 13.1. The molecule has 1 saturated heterocycles. The Morgan fingerprint density at radius 3 is 2.40 bits per heavy atom. The molecular formula is C15H19N3O2. The van der Waals surface area contributed by atoms with Gasteiger partial charge in [0.05, 0.1) is 5.54 Å². The summed E-state index contributed by atoms with van der Waals surface area (Å²) >= 11 is 0. The molecule has 5 nitrogen and oxygen atoms in total. The number of hydrogen-bond donors (Lipinski definition) is 2. The van der Waals surface area contributed by atoms with Crippen LogP contribution in [-0.2, 0) is 10.3 Å². The van der Waals surface area contributed by atoms with Crippen molar-refractivity contribution >= 4 is 11.9 Å². The van der Waals surface area contributed by atoms with Gasteiger partial charge in [-0.2, -0.15) is 0 Å². The number of rotatable bonds is 2. The molecule has 2 aliphatic rings. The van der Waals surface area contributed by atoms with Crippen LogP contribution in [0.1, 0.15) is 24.0 Å². The fourth-order valence-electron chi connectivity index (χ4n) is 3.44. The minimum absolute atomic E-state index is 0.193. The molecular weight excluding hydrogens is 254 g/mol. The minimum atomic E-state index is -0.731. The van der Waals surface area contributed by atoms with Crippen molar-refractivity contribution in [2.45, 2.75) is 30.8 Å². The van der Waals surface area contributed by atoms with Crippen LogP contribution < -0.4 is 10.6 Å². The van der Waals surface area contributed by atoms with Gasteiger partial charge in [-0.15, -0.1) is 0 Å². The molecule has 0 radical (unpaired) electrons. The predicted molar refractivity (Wildman–Crippen MR) is 75.2 cm³/mol. The summed E-state index contributed by atoms with van der Waals surface area (Å²) < 4.78 is 0. The van der Waals surface area contributed by atoms with Gasteiger partial charge in [0.25, 0.3) is 5.91 Å². The van der Waals surface area contributed by atoms with Gasteiger partial charge in [0.15, 0.2) is 0 Å². The summed E-state index contributed by atoms with van der Waals surface area (Å²) in [5, 5.41) is 5.13. The Morgan fingerprint density at radius 2 is 1.90 bits per heavy atom. The number of nitrogens with zero attached hydrogens (tertiary/aromatic N) is 1. The van der Waals surface area contributed by atoms with Crippen molar-refractivity contribution in [3.05, 3.63) is 35.4 Å². The predicted octanol–water partition coefficient (Wildman–Crippen LogP) is 1.12. The lowest BCUT2D eigenvalue weighted by molar-refractivity contribution is -0.134. The van der Waals surface area contributed by atoms with E-state index in [1.165, 1.54) is 11.1 Å². The first-order chi connectivity index (χ1) is 9.38. The topological polar surface area (TPSA) is 61.4 Å². The van der Waals surface area contributed by atoms with Crippen LogP contribution in [0.2, 0.25) is 0 Å². The van der Waals surface area contributed by atoms with Crippen LogP contribution >= 0.6 is 0 Å². The van der Waals surface area contributed by atoms with E-state index in [1.54, 1.807) is 0 Å². The molecule has 0 unspecified atom stereocenters. The first-order valence-electron chi connectivity index (χ1n) is 6.76. The second kappa shape index (κ2) is 4.06. The molecule has 20 heavy (non-hydrogen) atoms. The van der Waals surface area contributed by atoms with Crippen LogP contribution in [0.15, 0.2) is 24.3 Å². The molecule has 1 aromatic rings. The van der Waals surface area contributed by atoms with Crippen molar-refractivity contribution < 1.29 is 9.59 Å². The SMILES string of the molecule is Cc1cccc(C2(N(C)C)CC3(C2)NC(=O)NC3=O)c1. The summed E-state index contributed by atoms with van der Waals surface area (Å²) in [6.45, 7) is 2.06. The van der Waals surface area contributed by atoms with Crippen LogP contribution in [0.5, 0.6) is 0 Å². The summed E-state index contributed by atoms with van der Waals surface area (Å²) in [5.74, 6) is -0.201. The molecule has 2 fully saturated rings. The smallest absolute Gasteiger partial charge is 0.322 e. The van der Waals surface area contributed by atoms with E-state index in [-0.39, 0.29) is 17.5 Å². The van der Waals surface area contributed by atoms with Crippen molar-refractivity contribution in [3.63, 3.8) is 0 Å². The molecule has 0 atom stereocenters. The van der Waals surface area contributed by atoms with E-state index < -0.39 is 5.54 Å². The molecule has 2 N–H and O–H groups in total. The summed E-state index contributed by atoms with van der Waals surface area (Å²) in [4.78, 5) is 25.5. The first-order valence-corrected chi connectivity index (χ1v) is 6.76. The van der Waals surface area contributed by atoms with E-state index in [2.05, 4.69) is 40.7 Å². The third-order valence-electron chi connectivity index (χ3n) is 4.61. The lowest BCUT2D eigenvalue weighted by Gasteiger charge is -2.56. The van der Waals surface area contributed by atoms with E-state index in [9.17, 15) is 9.59 Å². The molecule has 106 valence electrons. The highest BCUT2D eigenvalue weighted by Gasteiger charge is 2.64. The second-order valence-corrected chi connectivity index (χ2v) is 6.14. The normalized spacial score (nSPS) is 32.2. The van der Waals surface area contributed by atoms with Gasteiger partial charge in [-0.25, -0.2) is 4.79 Å². The molecule has 0 bridgehead atoms. The van der Waals surface area contributed by atoms with Crippen LogP contribution in [0.3, 0.4) is 0 Å². The van der Waals surface area contributed by atoms with Gasteiger partial charge < -0.3 is 5.32 Å². The zero-order valence-corrected chi connectivity index (χ0v) is 12.0. The van der Waals surface area contributed by atoms with E-state index >= 15 is 0 Å². The highest BCUT2D eigenvalue weighted by atomic mass is 16.2. The minimum Gasteiger partial charge on any atom is -0.323 e. The summed E-state index contributed by atoms with van der Waals surface area (Å²) in [6, 6.07) is 7.96. The molecule has 1 spiro atoms. The Labute approximate surface area is 118 Å². The number of hydrogen-bond acceptors (Lipinski definition) is 3. The standard InChI is InChI=1S/C15H19N3O2/c1-10-5-4-6-11(7-10)15(18(2)3)8-14(9-15)12(19)16-13(20)17-14/h4-7H,8-9H2,1-3H3,(H2,16,17,19,20). The molecule has 3 rings (SSSR count). The molecule has 1 aliphatic carbocycles. The maximum absolute atomic E-state index is 12.0. The number of aryl methyl sites for hydroxylation is 1. The monoisotopic (exact) mass is 273 g/mol. The molecule has 1 heterocycles. The van der Waals surface area contributed by atoms with Gasteiger partial charge in [-0.3, -0.25) is 15.0 Å². The molecule has 1 aromatic carbocycles. The Morgan fingerprint density at radius 1 is 1.20 bits per heavy atom. The van der Waals surface area contributed by atoms with Gasteiger partial charge in [-0.1, -0.05) is 29.8 Å². The number of urea groups is 1. The van der Waals surface area contributed by atoms with Crippen molar-refractivity contribution in [3.8, 4) is 0 Å². The zero-order chi connectivity index (χ0) is 14.5. The van der Waals surface area contributed by atoms with Gasteiger partial charge in [-0.05, 0) is 26.6 Å². The summed E-state index contributed by atoms with van der Waals surface area (Å²) in [6.07, 6.45) is 1.21. The average molecular weight is 273 g/mol. The number of benzene rings is 1. The van der Waals surface area contributed by atoms with Crippen LogP contribution in [0.25, 0.3) is 0 Å². The molecule has 1 saturated carbocycles. The largest absolute Gasteiger partial charge is 0.323 e. The summed E-state index contributed by atoms with van der Waals surface area (Å²) in [7, 11) is 4.04. The maximum atomic E-state index is 12.0. The van der Waals surface area contributed by atoms with Crippen molar-refractivity contribution in [2.24, 2.45) is 0 Å². The Kier molecular flexibility index (Phi) is 2.66. The van der Waals surface area contributed by atoms with E-state index in [1.807, 2.05) is 20.2 Å². The van der Waals surface area contributed by atoms with Crippen LogP contribution in [0, 0.1) is 6.92 Å². The average Bonchev–Trinajstić information content (AvgIpc) is 2.61. The van der Waals surface area contributed by atoms with E-state index in [0.717, 1.165) is 0 Å². The number of carbonyl (C=O) groups excluding carboxylic acids is 2. The lowest BCUT2D eigenvalue weighted by Crippen LogP contribution is -2.68. The van der Waals surface area contributed by atoms with E-state index in [0.29, 0.717) is 12.8 Å². The van der Waals surface area contributed by atoms with Crippen molar-refractivity contribution in [2.75, 3.05) is 14.1 Å². The number of nitrogens with one attached hydrogen (secondary N) is 2. The fraction of sp³-hybridized carbons (Fsp3) is 0.467. The van der Waals surface area contributed by atoms with E-state index in [4.69, 9.17) is 0 Å². The third-order valence-corrected chi connectivity index (χ3v) is 4.61. The molecule has 0 aromatic heterocycles. The molecule has 1 aliphatic heterocycles. The fourth-order valence-corrected chi connectivity index (χ4v) is 3.44. The van der Waals surface area contributed by atoms with Crippen molar-refractivity contribution in [1.29, 1.82) is 0 Å². The lowest BCUT2D eigenvalue weighted by atomic mass is 9.59. The Hall–Kier alpha value is -1.88. The van der Waals surface area contributed by atoms with Gasteiger partial charge in [0.1, 0.15) is 5.54 Å². The van der Waals surface area contributed by atoms with Gasteiger partial charge >= 0.3 is 6.03 Å². The highest BCUT2D eigenvalue weighted by molar-refractivity contribution is 6.08. The number of carbonyl (C=O) groups is 2. The van der Waals surface area contributed by atoms with Gasteiger partial charge in [0.2, 0.25) is 0 Å². The number of imide groups is 1. The second-order valence-electron chi connectivity index (χ2n) is 6.14. The third kappa shape index (κ3) is 1.66. The Balaban J connectivity index is 1.95. The highest BCUT2D eigenvalue weighted by Crippen LogP contribution is 2.52. The maximum Gasteiger partial charge on any atom is 0.322 e. The van der Waals surface area contributed by atoms with Crippen LogP contribution in [-0.4, -0.2) is 36.5 Å². The van der Waals surface area contributed by atoms with Gasteiger partial charge in [0, 0.05) is 12.8 Å². The number of amides is 3. The summed E-state index contributed by atoms with van der Waals surface area (Å²) in [5.41, 5.74) is 1.47. The quantitative estimate of drug-likeness (QED) is 0.794. The zero-order valence-electron chi connectivity index (χ0n) is 12.0. The Bertz CT molecular complexity index is 589.